The summed E-state index contributed by atoms with van der Waals surface area (Å²) >= 11 is 0. The number of alkyl halides is 2. The molecule has 0 fully saturated rings. The zero-order chi connectivity index (χ0) is 21.2. The van der Waals surface area contributed by atoms with E-state index in [0.717, 1.165) is 12.1 Å². The van der Waals surface area contributed by atoms with Gasteiger partial charge in [-0.05, 0) is 32.3 Å². The maximum atomic E-state index is 12.9. The molecule has 0 saturated heterocycles. The van der Waals surface area contributed by atoms with Crippen LogP contribution in [0, 0.1) is 0 Å². The quantitative estimate of drug-likeness (QED) is 0.423. The molecule has 2 rings (SSSR count). The van der Waals surface area contributed by atoms with Crippen LogP contribution in [0.2, 0.25) is 0 Å². The fraction of sp³-hybridized carbons (Fsp3) is 0.400. The van der Waals surface area contributed by atoms with E-state index in [1.807, 2.05) is 0 Å². The molecule has 152 valence electrons. The molecule has 10 nitrogen and oxygen atoms in total. The van der Waals surface area contributed by atoms with E-state index in [1.165, 1.54) is 27.2 Å². The van der Waals surface area contributed by atoms with E-state index in [4.69, 9.17) is 5.73 Å². The summed E-state index contributed by atoms with van der Waals surface area (Å²) in [5.74, 6) is -2.70. The smallest absolute Gasteiger partial charge is 0.395 e. The summed E-state index contributed by atoms with van der Waals surface area (Å²) in [6.45, 7) is 0. The number of primary amides is 1. The molecule has 0 unspecified atom stereocenters. The highest BCUT2D eigenvalue weighted by Crippen LogP contribution is 2.41. The number of rotatable bonds is 5. The van der Waals surface area contributed by atoms with Gasteiger partial charge in [-0.3, -0.25) is 14.4 Å². The minimum Gasteiger partial charge on any atom is -0.395 e. The SMILES string of the molecule is CN.CN.CNC(=O)[C@H](CC(N)=O)NC(=O)c1ccc2c(c1)OC(F)(F)O2. The summed E-state index contributed by atoms with van der Waals surface area (Å²) in [5, 5.41) is 4.57. The Morgan fingerprint density at radius 3 is 2.19 bits per heavy atom. The molecule has 1 aliphatic heterocycles. The Labute approximate surface area is 154 Å². The molecule has 12 heteroatoms. The van der Waals surface area contributed by atoms with Crippen molar-refractivity contribution in [2.24, 2.45) is 17.2 Å². The molecule has 0 saturated carbocycles. The highest BCUT2D eigenvalue weighted by molar-refractivity contribution is 5.99. The molecular weight excluding hydrogens is 368 g/mol. The minimum atomic E-state index is -3.80. The number of likely N-dealkylation sites (N-methyl/N-ethyl adjacent to an activating group) is 1. The number of carbonyl (C=O) groups is 3. The largest absolute Gasteiger partial charge is 0.586 e. The van der Waals surface area contributed by atoms with Crippen LogP contribution in [0.25, 0.3) is 0 Å². The zero-order valence-electron chi connectivity index (χ0n) is 15.0. The van der Waals surface area contributed by atoms with E-state index in [1.54, 1.807) is 0 Å². The number of carbonyl (C=O) groups excluding carboxylic acids is 3. The minimum absolute atomic E-state index is 0.0524. The third kappa shape index (κ3) is 7.03. The molecule has 0 aliphatic carbocycles. The predicted molar refractivity (Wildman–Crippen MR) is 92.0 cm³/mol. The van der Waals surface area contributed by atoms with Gasteiger partial charge in [0, 0.05) is 12.6 Å². The van der Waals surface area contributed by atoms with Crippen LogP contribution in [0.5, 0.6) is 11.5 Å². The van der Waals surface area contributed by atoms with Crippen LogP contribution in [0.4, 0.5) is 8.78 Å². The number of benzene rings is 1. The molecule has 8 N–H and O–H groups in total. The first-order chi connectivity index (χ1) is 12.7. The lowest BCUT2D eigenvalue weighted by atomic mass is 10.1. The second kappa shape index (κ2) is 10.9. The summed E-state index contributed by atoms with van der Waals surface area (Å²) in [5.41, 5.74) is 14.0. The number of nitrogens with two attached hydrogens (primary N) is 3. The highest BCUT2D eigenvalue weighted by atomic mass is 19.3. The Balaban J connectivity index is 0.00000158. The van der Waals surface area contributed by atoms with Crippen molar-refractivity contribution in [2.75, 3.05) is 21.1 Å². The Kier molecular flexibility index (Phi) is 9.67. The third-order valence-electron chi connectivity index (χ3n) is 2.94. The number of fused-ring (bicyclic) bond motifs is 1. The molecule has 1 aliphatic rings. The molecule has 0 spiro atoms. The molecule has 1 atom stereocenters. The van der Waals surface area contributed by atoms with Crippen molar-refractivity contribution in [3.63, 3.8) is 0 Å². The maximum absolute atomic E-state index is 12.9. The van der Waals surface area contributed by atoms with Crippen molar-refractivity contribution in [1.29, 1.82) is 0 Å². The van der Waals surface area contributed by atoms with E-state index in [9.17, 15) is 23.2 Å². The number of hydrogen-bond donors (Lipinski definition) is 5. The predicted octanol–water partition coefficient (Wildman–Crippen LogP) is -1.12. The lowest BCUT2D eigenvalue weighted by Crippen LogP contribution is -2.47. The number of halogens is 2. The molecule has 1 aromatic carbocycles. The van der Waals surface area contributed by atoms with Gasteiger partial charge in [-0.25, -0.2) is 0 Å². The monoisotopic (exact) mass is 391 g/mol. The van der Waals surface area contributed by atoms with Crippen molar-refractivity contribution >= 4 is 17.7 Å². The van der Waals surface area contributed by atoms with Crippen LogP contribution >= 0.6 is 0 Å². The molecule has 3 amide bonds. The standard InChI is InChI=1S/C13H13F2N3O5.2CH5N/c1-17-12(21)7(5-10(16)19)18-11(20)6-2-3-8-9(4-6)23-13(14,15)22-8;2*1-2/h2-4,7H,5H2,1H3,(H2,16,19)(H,17,21)(H,18,20);2*2H2,1H3/t7-;;/m0../s1. The summed E-state index contributed by atoms with van der Waals surface area (Å²) in [7, 11) is 4.32. The van der Waals surface area contributed by atoms with Crippen LogP contribution in [-0.2, 0) is 9.59 Å². The molecule has 1 aromatic rings. The van der Waals surface area contributed by atoms with E-state index in [-0.39, 0.29) is 17.1 Å². The Hall–Kier alpha value is -2.99. The lowest BCUT2D eigenvalue weighted by Gasteiger charge is -2.15. The molecular formula is C15H23F2N5O5. The second-order valence-corrected chi connectivity index (χ2v) is 4.64. The normalized spacial score (nSPS) is 13.7. The van der Waals surface area contributed by atoms with Gasteiger partial charge in [0.2, 0.25) is 11.8 Å². The number of ether oxygens (including phenoxy) is 2. The number of hydrogen-bond acceptors (Lipinski definition) is 7. The van der Waals surface area contributed by atoms with Crippen molar-refractivity contribution in [3.05, 3.63) is 23.8 Å². The number of amides is 3. The molecule has 1 heterocycles. The van der Waals surface area contributed by atoms with Crippen molar-refractivity contribution < 1.29 is 32.6 Å². The van der Waals surface area contributed by atoms with Gasteiger partial charge in [-0.15, -0.1) is 8.78 Å². The Morgan fingerprint density at radius 1 is 1.11 bits per heavy atom. The van der Waals surface area contributed by atoms with Crippen LogP contribution in [-0.4, -0.2) is 51.2 Å². The molecule has 0 bridgehead atoms. The van der Waals surface area contributed by atoms with Crippen molar-refractivity contribution in [1.82, 2.24) is 10.6 Å². The first-order valence-corrected chi connectivity index (χ1v) is 7.58. The number of nitrogens with one attached hydrogen (secondary N) is 2. The fourth-order valence-electron chi connectivity index (χ4n) is 1.92. The second-order valence-electron chi connectivity index (χ2n) is 4.64. The van der Waals surface area contributed by atoms with Crippen molar-refractivity contribution in [3.8, 4) is 11.5 Å². The third-order valence-corrected chi connectivity index (χ3v) is 2.94. The van der Waals surface area contributed by atoms with Gasteiger partial charge < -0.3 is 37.3 Å². The van der Waals surface area contributed by atoms with Gasteiger partial charge in [0.25, 0.3) is 5.91 Å². The van der Waals surface area contributed by atoms with Gasteiger partial charge >= 0.3 is 6.29 Å². The first kappa shape index (κ1) is 24.0. The van der Waals surface area contributed by atoms with Gasteiger partial charge in [0.1, 0.15) is 6.04 Å². The van der Waals surface area contributed by atoms with Crippen LogP contribution < -0.4 is 37.3 Å². The lowest BCUT2D eigenvalue weighted by molar-refractivity contribution is -0.286. The zero-order valence-corrected chi connectivity index (χ0v) is 15.0. The first-order valence-electron chi connectivity index (χ1n) is 7.58. The van der Waals surface area contributed by atoms with E-state index < -0.39 is 36.5 Å². The van der Waals surface area contributed by atoms with Crippen LogP contribution in [0.1, 0.15) is 16.8 Å². The van der Waals surface area contributed by atoms with Crippen LogP contribution in [0.15, 0.2) is 18.2 Å². The summed E-state index contributed by atoms with van der Waals surface area (Å²) < 4.78 is 34.3. The maximum Gasteiger partial charge on any atom is 0.586 e. The molecule has 0 radical (unpaired) electrons. The highest BCUT2D eigenvalue weighted by Gasteiger charge is 2.43. The van der Waals surface area contributed by atoms with Gasteiger partial charge in [-0.2, -0.15) is 0 Å². The topological polar surface area (TPSA) is 172 Å². The fourth-order valence-corrected chi connectivity index (χ4v) is 1.92. The van der Waals surface area contributed by atoms with E-state index in [0.29, 0.717) is 0 Å². The van der Waals surface area contributed by atoms with Crippen LogP contribution in [0.3, 0.4) is 0 Å². The summed E-state index contributed by atoms with van der Waals surface area (Å²) in [4.78, 5) is 34.6. The molecule has 27 heavy (non-hydrogen) atoms. The van der Waals surface area contributed by atoms with E-state index >= 15 is 0 Å². The van der Waals surface area contributed by atoms with E-state index in [2.05, 4.69) is 31.6 Å². The summed E-state index contributed by atoms with van der Waals surface area (Å²) in [6.07, 6.45) is -4.21. The Bertz CT molecular complexity index is 672. The van der Waals surface area contributed by atoms with Crippen molar-refractivity contribution in [2.45, 2.75) is 18.8 Å². The summed E-state index contributed by atoms with van der Waals surface area (Å²) in [6, 6.07) is 2.20. The van der Waals surface area contributed by atoms with Gasteiger partial charge in [-0.1, -0.05) is 0 Å². The molecule has 0 aromatic heterocycles. The van der Waals surface area contributed by atoms with Gasteiger partial charge in [0.05, 0.1) is 6.42 Å². The average Bonchev–Trinajstić information content (AvgIpc) is 2.96. The average molecular weight is 391 g/mol. The Morgan fingerprint density at radius 2 is 1.67 bits per heavy atom. The van der Waals surface area contributed by atoms with Gasteiger partial charge in [0.15, 0.2) is 11.5 Å².